The normalized spacial score (nSPS) is 11.5. The summed E-state index contributed by atoms with van der Waals surface area (Å²) >= 11 is 0. The van der Waals surface area contributed by atoms with Gasteiger partial charge in [-0.15, -0.1) is 0 Å². The van der Waals surface area contributed by atoms with Gasteiger partial charge in [0.25, 0.3) is 16.0 Å². The van der Waals surface area contributed by atoms with Crippen molar-refractivity contribution in [1.82, 2.24) is 0 Å². The molecule has 0 spiro atoms. The van der Waals surface area contributed by atoms with Crippen LogP contribution in [0.3, 0.4) is 0 Å². The van der Waals surface area contributed by atoms with Gasteiger partial charge in [0.15, 0.2) is 0 Å². The third kappa shape index (κ3) is 5.12. The molecule has 0 unspecified atom stereocenters. The monoisotopic (exact) mass is 445 g/mol. The molecule has 164 valence electrons. The number of amides is 1. The van der Waals surface area contributed by atoms with Crippen molar-refractivity contribution in [2.75, 3.05) is 12.4 Å². The van der Waals surface area contributed by atoms with Gasteiger partial charge in [-0.1, -0.05) is 25.5 Å². The van der Waals surface area contributed by atoms with Crippen molar-refractivity contribution >= 4 is 32.7 Å². The molecule has 0 saturated carbocycles. The van der Waals surface area contributed by atoms with E-state index >= 15 is 0 Å². The fourth-order valence-corrected chi connectivity index (χ4v) is 4.02. The Balaban J connectivity index is 1.94. The van der Waals surface area contributed by atoms with Crippen molar-refractivity contribution in [2.45, 2.75) is 32.4 Å². The Labute approximate surface area is 179 Å². The molecular weight excluding hydrogens is 422 g/mol. The van der Waals surface area contributed by atoms with Gasteiger partial charge < -0.3 is 14.5 Å². The van der Waals surface area contributed by atoms with Crippen LogP contribution in [-0.4, -0.2) is 26.0 Å². The molecule has 0 radical (unpaired) electrons. The quantitative estimate of drug-likeness (QED) is 0.420. The Hall–Kier alpha value is -3.17. The Kier molecular flexibility index (Phi) is 6.47. The fourth-order valence-electron chi connectivity index (χ4n) is 3.42. The maximum Gasteiger partial charge on any atom is 0.349 e. The third-order valence-electron chi connectivity index (χ3n) is 4.82. The SMILES string of the molecule is CCCc1c(OC)ccc2cc(C(=O)Nc3ccc(CS(=O)(=O)O)cc3C)c(=O)oc12. The molecule has 9 heteroatoms. The van der Waals surface area contributed by atoms with Gasteiger partial charge in [-0.3, -0.25) is 9.35 Å². The van der Waals surface area contributed by atoms with Crippen molar-refractivity contribution in [3.05, 3.63) is 69.1 Å². The van der Waals surface area contributed by atoms with E-state index in [0.717, 1.165) is 12.0 Å². The van der Waals surface area contributed by atoms with Crippen LogP contribution in [0.15, 0.2) is 45.6 Å². The first-order valence-electron chi connectivity index (χ1n) is 9.62. The predicted octanol–water partition coefficient (Wildman–Crippen LogP) is 3.70. The molecule has 8 nitrogen and oxygen atoms in total. The molecule has 0 fully saturated rings. The van der Waals surface area contributed by atoms with E-state index in [0.29, 0.717) is 40.0 Å². The number of aryl methyl sites for hydroxylation is 2. The molecular formula is C22H23NO7S. The topological polar surface area (TPSA) is 123 Å². The number of carbonyl (C=O) groups is 1. The van der Waals surface area contributed by atoms with E-state index in [1.165, 1.54) is 24.3 Å². The summed E-state index contributed by atoms with van der Waals surface area (Å²) in [5.74, 6) is -0.552. The minimum Gasteiger partial charge on any atom is -0.496 e. The number of fused-ring (bicyclic) bond motifs is 1. The first kappa shape index (κ1) is 22.5. The molecule has 0 atom stereocenters. The van der Waals surface area contributed by atoms with Crippen LogP contribution in [-0.2, 0) is 22.3 Å². The number of carbonyl (C=O) groups excluding carboxylic acids is 1. The number of benzene rings is 2. The van der Waals surface area contributed by atoms with Crippen LogP contribution in [0.1, 0.15) is 40.4 Å². The van der Waals surface area contributed by atoms with Crippen molar-refractivity contribution in [3.63, 3.8) is 0 Å². The van der Waals surface area contributed by atoms with E-state index < -0.39 is 27.4 Å². The summed E-state index contributed by atoms with van der Waals surface area (Å²) < 4.78 is 41.9. The van der Waals surface area contributed by atoms with Crippen LogP contribution in [0.5, 0.6) is 5.75 Å². The Bertz CT molecular complexity index is 1310. The standard InChI is InChI=1S/C22H23NO7S/c1-4-5-16-19(29-3)9-7-15-11-17(22(25)30-20(15)16)21(24)23-18-8-6-14(10-13(18)2)12-31(26,27)28/h6-11H,4-5,12H2,1-3H3,(H,23,24)(H,26,27,28). The van der Waals surface area contributed by atoms with Crippen LogP contribution in [0, 0.1) is 6.92 Å². The highest BCUT2D eigenvalue weighted by Crippen LogP contribution is 2.29. The van der Waals surface area contributed by atoms with E-state index in [9.17, 15) is 18.0 Å². The molecule has 0 aliphatic heterocycles. The van der Waals surface area contributed by atoms with Crippen molar-refractivity contribution in [3.8, 4) is 5.75 Å². The average molecular weight is 445 g/mol. The number of rotatable bonds is 7. The molecule has 1 amide bonds. The molecule has 3 rings (SSSR count). The summed E-state index contributed by atoms with van der Waals surface area (Å²) in [6.07, 6.45) is 1.48. The lowest BCUT2D eigenvalue weighted by Gasteiger charge is -2.12. The maximum atomic E-state index is 12.7. The summed E-state index contributed by atoms with van der Waals surface area (Å²) in [6, 6.07) is 9.51. The molecule has 1 aromatic heterocycles. The number of hydrogen-bond acceptors (Lipinski definition) is 6. The summed E-state index contributed by atoms with van der Waals surface area (Å²) in [7, 11) is -2.62. The minimum atomic E-state index is -4.16. The average Bonchev–Trinajstić information content (AvgIpc) is 2.69. The zero-order chi connectivity index (χ0) is 22.8. The van der Waals surface area contributed by atoms with Crippen LogP contribution < -0.4 is 15.7 Å². The second kappa shape index (κ2) is 8.91. The summed E-state index contributed by atoms with van der Waals surface area (Å²) in [6.45, 7) is 3.68. The summed E-state index contributed by atoms with van der Waals surface area (Å²) in [5, 5.41) is 3.25. The minimum absolute atomic E-state index is 0.151. The van der Waals surface area contributed by atoms with Gasteiger partial charge in [-0.2, -0.15) is 8.42 Å². The molecule has 0 aliphatic rings. The van der Waals surface area contributed by atoms with Gasteiger partial charge in [-0.05, 0) is 48.7 Å². The van der Waals surface area contributed by atoms with Gasteiger partial charge in [0, 0.05) is 16.6 Å². The summed E-state index contributed by atoms with van der Waals surface area (Å²) in [5.41, 5.74) is 1.61. The van der Waals surface area contributed by atoms with Gasteiger partial charge in [0.2, 0.25) is 0 Å². The second-order valence-electron chi connectivity index (χ2n) is 7.19. The van der Waals surface area contributed by atoms with E-state index in [-0.39, 0.29) is 5.56 Å². The first-order valence-corrected chi connectivity index (χ1v) is 11.2. The molecule has 1 heterocycles. The van der Waals surface area contributed by atoms with Crippen LogP contribution in [0.4, 0.5) is 5.69 Å². The molecule has 0 aliphatic carbocycles. The predicted molar refractivity (Wildman–Crippen MR) is 117 cm³/mol. The van der Waals surface area contributed by atoms with Gasteiger partial charge in [0.1, 0.15) is 22.6 Å². The largest absolute Gasteiger partial charge is 0.496 e. The number of anilines is 1. The lowest BCUT2D eigenvalue weighted by molar-refractivity contribution is 0.102. The van der Waals surface area contributed by atoms with Crippen molar-refractivity contribution < 1.29 is 26.9 Å². The fraction of sp³-hybridized carbons (Fsp3) is 0.273. The van der Waals surface area contributed by atoms with Gasteiger partial charge >= 0.3 is 5.63 Å². The smallest absolute Gasteiger partial charge is 0.349 e. The number of methoxy groups -OCH3 is 1. The van der Waals surface area contributed by atoms with Gasteiger partial charge in [0.05, 0.1) is 7.11 Å². The first-order chi connectivity index (χ1) is 14.6. The Morgan fingerprint density at radius 1 is 1.19 bits per heavy atom. The second-order valence-corrected chi connectivity index (χ2v) is 8.64. The molecule has 2 aromatic carbocycles. The number of hydrogen-bond donors (Lipinski definition) is 2. The van der Waals surface area contributed by atoms with E-state index in [1.54, 1.807) is 26.2 Å². The van der Waals surface area contributed by atoms with E-state index in [4.69, 9.17) is 13.7 Å². The third-order valence-corrected chi connectivity index (χ3v) is 5.51. The highest BCUT2D eigenvalue weighted by molar-refractivity contribution is 7.85. The molecule has 3 aromatic rings. The highest BCUT2D eigenvalue weighted by Gasteiger charge is 2.18. The molecule has 2 N–H and O–H groups in total. The number of nitrogens with one attached hydrogen (secondary N) is 1. The Morgan fingerprint density at radius 3 is 2.55 bits per heavy atom. The zero-order valence-electron chi connectivity index (χ0n) is 17.4. The van der Waals surface area contributed by atoms with Crippen LogP contribution in [0.2, 0.25) is 0 Å². The van der Waals surface area contributed by atoms with Crippen molar-refractivity contribution in [1.29, 1.82) is 0 Å². The molecule has 31 heavy (non-hydrogen) atoms. The van der Waals surface area contributed by atoms with Gasteiger partial charge in [-0.25, -0.2) is 4.79 Å². The maximum absolute atomic E-state index is 12.7. The Morgan fingerprint density at radius 2 is 1.94 bits per heavy atom. The lowest BCUT2D eigenvalue weighted by atomic mass is 10.0. The van der Waals surface area contributed by atoms with E-state index in [2.05, 4.69) is 5.32 Å². The van der Waals surface area contributed by atoms with E-state index in [1.807, 2.05) is 6.92 Å². The van der Waals surface area contributed by atoms with Crippen molar-refractivity contribution in [2.24, 2.45) is 0 Å². The summed E-state index contributed by atoms with van der Waals surface area (Å²) in [4.78, 5) is 25.3. The molecule has 0 bridgehead atoms. The zero-order valence-corrected chi connectivity index (χ0v) is 18.2. The lowest BCUT2D eigenvalue weighted by Crippen LogP contribution is -2.21. The molecule has 0 saturated heterocycles. The highest BCUT2D eigenvalue weighted by atomic mass is 32.2. The van der Waals surface area contributed by atoms with Crippen LogP contribution in [0.25, 0.3) is 11.0 Å². The van der Waals surface area contributed by atoms with Crippen LogP contribution >= 0.6 is 0 Å². The number of ether oxygens (including phenoxy) is 1.